The highest BCUT2D eigenvalue weighted by molar-refractivity contribution is 5.79. The van der Waals surface area contributed by atoms with Crippen molar-refractivity contribution >= 4 is 6.09 Å². The Morgan fingerprint density at radius 2 is 1.58 bits per heavy atom. The van der Waals surface area contributed by atoms with Gasteiger partial charge in [-0.05, 0) is 48.4 Å². The number of piperidine rings is 2. The highest BCUT2D eigenvalue weighted by Gasteiger charge is 2.49. The molecule has 1 aromatic heterocycles. The number of aromatic nitrogens is 2. The lowest BCUT2D eigenvalue weighted by atomic mass is 9.73. The molecule has 186 valence electrons. The SMILES string of the molecule is CCOc1ncc(C2(O)CC3CCCC(C2)N3C(=O)OCC2c3ccccc3-c3ccccc32)cn1. The van der Waals surface area contributed by atoms with E-state index in [0.717, 1.165) is 19.3 Å². The van der Waals surface area contributed by atoms with E-state index in [9.17, 15) is 9.90 Å². The van der Waals surface area contributed by atoms with E-state index in [0.29, 0.717) is 37.6 Å². The summed E-state index contributed by atoms with van der Waals surface area (Å²) in [6.45, 7) is 2.67. The summed E-state index contributed by atoms with van der Waals surface area (Å²) in [5.41, 5.74) is 4.44. The second-order valence-corrected chi connectivity index (χ2v) is 10.1. The van der Waals surface area contributed by atoms with Crippen molar-refractivity contribution in [2.75, 3.05) is 13.2 Å². The van der Waals surface area contributed by atoms with Crippen LogP contribution in [0.3, 0.4) is 0 Å². The second-order valence-electron chi connectivity index (χ2n) is 10.1. The van der Waals surface area contributed by atoms with E-state index in [2.05, 4.69) is 46.4 Å². The molecular weight excluding hydrogens is 454 g/mol. The molecule has 2 bridgehead atoms. The third kappa shape index (κ3) is 3.91. The van der Waals surface area contributed by atoms with E-state index in [4.69, 9.17) is 9.47 Å². The Labute approximate surface area is 211 Å². The molecule has 0 spiro atoms. The van der Waals surface area contributed by atoms with Crippen molar-refractivity contribution in [3.8, 4) is 17.1 Å². The Bertz CT molecular complexity index is 1200. The van der Waals surface area contributed by atoms with Crippen LogP contribution in [0, 0.1) is 0 Å². The van der Waals surface area contributed by atoms with Gasteiger partial charge in [0.15, 0.2) is 0 Å². The number of carbonyl (C=O) groups is 1. The summed E-state index contributed by atoms with van der Waals surface area (Å²) in [4.78, 5) is 23.8. The van der Waals surface area contributed by atoms with Gasteiger partial charge in [-0.2, -0.15) is 0 Å². The third-order valence-electron chi connectivity index (χ3n) is 7.99. The smallest absolute Gasteiger partial charge is 0.410 e. The lowest BCUT2D eigenvalue weighted by molar-refractivity contribution is -0.0894. The molecule has 3 aliphatic rings. The van der Waals surface area contributed by atoms with Gasteiger partial charge < -0.3 is 19.5 Å². The molecule has 2 atom stereocenters. The molecule has 0 radical (unpaired) electrons. The average Bonchev–Trinajstić information content (AvgIpc) is 3.21. The lowest BCUT2D eigenvalue weighted by Crippen LogP contribution is -2.59. The van der Waals surface area contributed by atoms with Crippen LogP contribution in [0.25, 0.3) is 11.1 Å². The van der Waals surface area contributed by atoms with Gasteiger partial charge >= 0.3 is 12.1 Å². The van der Waals surface area contributed by atoms with Crippen molar-refractivity contribution in [1.29, 1.82) is 0 Å². The van der Waals surface area contributed by atoms with Gasteiger partial charge in [-0.25, -0.2) is 14.8 Å². The standard InChI is InChI=1S/C29H31N3O4/c1-2-35-27-30-16-19(17-31-27)29(34)14-20-8-7-9-21(15-29)32(20)28(33)36-18-26-24-12-5-3-10-22(24)23-11-4-6-13-25(23)26/h3-6,10-13,16-17,20-21,26,34H,2,7-9,14-15,18H2,1H3. The van der Waals surface area contributed by atoms with Crippen molar-refractivity contribution < 1.29 is 19.4 Å². The molecule has 2 saturated heterocycles. The quantitative estimate of drug-likeness (QED) is 0.546. The van der Waals surface area contributed by atoms with Crippen LogP contribution in [0.2, 0.25) is 0 Å². The number of rotatable bonds is 5. The molecular formula is C29H31N3O4. The summed E-state index contributed by atoms with van der Waals surface area (Å²) in [5, 5.41) is 11.6. The van der Waals surface area contributed by atoms with Gasteiger partial charge in [0.1, 0.15) is 6.61 Å². The highest BCUT2D eigenvalue weighted by Crippen LogP contribution is 2.46. The number of nitrogens with zero attached hydrogens (tertiary/aromatic N) is 3. The number of aliphatic hydroxyl groups is 1. The molecule has 2 aromatic carbocycles. The van der Waals surface area contributed by atoms with Gasteiger partial charge in [0.05, 0.1) is 12.2 Å². The summed E-state index contributed by atoms with van der Waals surface area (Å²) < 4.78 is 11.3. The van der Waals surface area contributed by atoms with Crippen molar-refractivity contribution in [3.05, 3.63) is 77.6 Å². The minimum absolute atomic E-state index is 0.0314. The van der Waals surface area contributed by atoms with Gasteiger partial charge in [-0.1, -0.05) is 48.5 Å². The van der Waals surface area contributed by atoms with Gasteiger partial charge in [-0.3, -0.25) is 0 Å². The lowest BCUT2D eigenvalue weighted by Gasteiger charge is -2.51. The zero-order valence-corrected chi connectivity index (χ0v) is 20.5. The third-order valence-corrected chi connectivity index (χ3v) is 7.99. The maximum atomic E-state index is 13.4. The molecule has 1 N–H and O–H groups in total. The summed E-state index contributed by atoms with van der Waals surface area (Å²) in [6, 6.07) is 16.9. The van der Waals surface area contributed by atoms with Crippen molar-refractivity contribution in [1.82, 2.24) is 14.9 Å². The number of fused-ring (bicyclic) bond motifs is 5. The van der Waals surface area contributed by atoms with Gasteiger partial charge in [0.25, 0.3) is 0 Å². The zero-order chi connectivity index (χ0) is 24.7. The first-order valence-corrected chi connectivity index (χ1v) is 12.9. The molecule has 7 nitrogen and oxygen atoms in total. The topological polar surface area (TPSA) is 84.8 Å². The Hall–Kier alpha value is -3.45. The van der Waals surface area contributed by atoms with Crippen LogP contribution in [0.5, 0.6) is 6.01 Å². The monoisotopic (exact) mass is 485 g/mol. The van der Waals surface area contributed by atoms with Crippen LogP contribution in [-0.2, 0) is 10.3 Å². The minimum atomic E-state index is -1.07. The Balaban J connectivity index is 1.18. The molecule has 0 saturated carbocycles. The maximum Gasteiger partial charge on any atom is 0.410 e. The molecule has 2 fully saturated rings. The van der Waals surface area contributed by atoms with E-state index < -0.39 is 5.60 Å². The van der Waals surface area contributed by atoms with E-state index in [-0.39, 0.29) is 24.1 Å². The van der Waals surface area contributed by atoms with Crippen LogP contribution in [0.4, 0.5) is 4.79 Å². The molecule has 36 heavy (non-hydrogen) atoms. The molecule has 6 rings (SSSR count). The fraction of sp³-hybridized carbons (Fsp3) is 0.414. The van der Waals surface area contributed by atoms with Gasteiger partial charge in [-0.15, -0.1) is 0 Å². The highest BCUT2D eigenvalue weighted by atomic mass is 16.6. The number of hydrogen-bond acceptors (Lipinski definition) is 6. The predicted molar refractivity (Wildman–Crippen MR) is 135 cm³/mol. The fourth-order valence-corrected chi connectivity index (χ4v) is 6.39. The Morgan fingerprint density at radius 3 is 2.17 bits per heavy atom. The second kappa shape index (κ2) is 9.21. The van der Waals surface area contributed by atoms with E-state index in [1.807, 2.05) is 24.0 Å². The van der Waals surface area contributed by atoms with Gasteiger partial charge in [0.2, 0.25) is 0 Å². The van der Waals surface area contributed by atoms with Crippen LogP contribution in [0.1, 0.15) is 61.6 Å². The summed E-state index contributed by atoms with van der Waals surface area (Å²) in [6.07, 6.45) is 6.65. The Kier molecular flexibility index (Phi) is 5.88. The van der Waals surface area contributed by atoms with Crippen molar-refractivity contribution in [2.45, 2.75) is 62.6 Å². The molecule has 2 unspecified atom stereocenters. The zero-order valence-electron chi connectivity index (χ0n) is 20.5. The van der Waals surface area contributed by atoms with Gasteiger partial charge in [0, 0.05) is 48.8 Å². The molecule has 2 aliphatic heterocycles. The number of amides is 1. The summed E-state index contributed by atoms with van der Waals surface area (Å²) in [5.74, 6) is 0.0314. The maximum absolute atomic E-state index is 13.4. The number of ether oxygens (including phenoxy) is 2. The first kappa shape index (κ1) is 23.0. The first-order valence-electron chi connectivity index (χ1n) is 12.9. The van der Waals surface area contributed by atoms with Crippen molar-refractivity contribution in [3.63, 3.8) is 0 Å². The Morgan fingerprint density at radius 1 is 1.00 bits per heavy atom. The van der Waals surface area contributed by atoms with Crippen molar-refractivity contribution in [2.24, 2.45) is 0 Å². The van der Waals surface area contributed by atoms with E-state index in [1.54, 1.807) is 12.4 Å². The number of benzene rings is 2. The molecule has 7 heteroatoms. The van der Waals surface area contributed by atoms with Crippen LogP contribution in [0.15, 0.2) is 60.9 Å². The molecule has 3 heterocycles. The minimum Gasteiger partial charge on any atom is -0.464 e. The van der Waals surface area contributed by atoms with Crippen LogP contribution in [-0.4, -0.2) is 51.4 Å². The predicted octanol–water partition coefficient (Wildman–Crippen LogP) is 5.03. The van der Waals surface area contributed by atoms with Crippen LogP contribution >= 0.6 is 0 Å². The van der Waals surface area contributed by atoms with Crippen LogP contribution < -0.4 is 4.74 Å². The average molecular weight is 486 g/mol. The number of carbonyl (C=O) groups excluding carboxylic acids is 1. The molecule has 1 amide bonds. The summed E-state index contributed by atoms with van der Waals surface area (Å²) in [7, 11) is 0. The van der Waals surface area contributed by atoms with E-state index in [1.165, 1.54) is 22.3 Å². The summed E-state index contributed by atoms with van der Waals surface area (Å²) >= 11 is 0. The fourth-order valence-electron chi connectivity index (χ4n) is 6.39. The van der Waals surface area contributed by atoms with E-state index >= 15 is 0 Å². The molecule has 3 aromatic rings. The first-order chi connectivity index (χ1) is 17.6. The number of hydrogen-bond donors (Lipinski definition) is 1. The largest absolute Gasteiger partial charge is 0.464 e. The normalized spacial score (nSPS) is 24.7. The molecule has 1 aliphatic carbocycles.